The molecule has 15 heavy (non-hydrogen) atoms. The SMILES string of the molecule is Nc1ccncc1C(=O)CCNC1CC1. The first-order valence-electron chi connectivity index (χ1n) is 5.23. The molecule has 0 amide bonds. The standard InChI is InChI=1S/C11H15N3O/c12-10-3-5-13-7-9(10)11(15)4-6-14-8-1-2-8/h3,5,7-8,14H,1-2,4,6H2,(H2,12,13). The van der Waals surface area contributed by atoms with Crippen LogP contribution >= 0.6 is 0 Å². The molecule has 0 aliphatic heterocycles. The molecule has 0 saturated heterocycles. The number of aromatic nitrogens is 1. The van der Waals surface area contributed by atoms with Crippen molar-refractivity contribution in [3.63, 3.8) is 0 Å². The average Bonchev–Trinajstić information content (AvgIpc) is 3.02. The van der Waals surface area contributed by atoms with Gasteiger partial charge in [0.1, 0.15) is 0 Å². The summed E-state index contributed by atoms with van der Waals surface area (Å²) in [5.41, 5.74) is 6.74. The lowest BCUT2D eigenvalue weighted by Crippen LogP contribution is -2.20. The van der Waals surface area contributed by atoms with Crippen LogP contribution in [0.2, 0.25) is 0 Å². The fraction of sp³-hybridized carbons (Fsp3) is 0.455. The van der Waals surface area contributed by atoms with E-state index in [0.717, 1.165) is 6.54 Å². The van der Waals surface area contributed by atoms with Crippen LogP contribution in [0.15, 0.2) is 18.5 Å². The Bertz CT molecular complexity index is 361. The monoisotopic (exact) mass is 205 g/mol. The number of rotatable bonds is 5. The minimum atomic E-state index is 0.0637. The highest BCUT2D eigenvalue weighted by molar-refractivity contribution is 6.00. The number of nitrogens with two attached hydrogens (primary N) is 1. The molecule has 4 heteroatoms. The van der Waals surface area contributed by atoms with Gasteiger partial charge in [0.05, 0.1) is 5.56 Å². The maximum atomic E-state index is 11.7. The van der Waals surface area contributed by atoms with Gasteiger partial charge in [-0.3, -0.25) is 9.78 Å². The Kier molecular flexibility index (Phi) is 2.97. The van der Waals surface area contributed by atoms with E-state index >= 15 is 0 Å². The van der Waals surface area contributed by atoms with Gasteiger partial charge in [-0.15, -0.1) is 0 Å². The predicted octanol–water partition coefficient (Wildman–Crippen LogP) is 0.989. The van der Waals surface area contributed by atoms with Crippen LogP contribution < -0.4 is 11.1 Å². The second kappa shape index (κ2) is 4.40. The summed E-state index contributed by atoms with van der Waals surface area (Å²) in [6.45, 7) is 0.734. The highest BCUT2D eigenvalue weighted by Crippen LogP contribution is 2.18. The van der Waals surface area contributed by atoms with Crippen molar-refractivity contribution in [2.24, 2.45) is 0 Å². The van der Waals surface area contributed by atoms with E-state index in [-0.39, 0.29) is 5.78 Å². The topological polar surface area (TPSA) is 68.0 Å². The second-order valence-corrected chi connectivity index (χ2v) is 3.86. The summed E-state index contributed by atoms with van der Waals surface area (Å²) in [6.07, 6.45) is 6.10. The van der Waals surface area contributed by atoms with Gasteiger partial charge in [-0.1, -0.05) is 0 Å². The van der Waals surface area contributed by atoms with Crippen LogP contribution in [0.1, 0.15) is 29.6 Å². The maximum absolute atomic E-state index is 11.7. The Morgan fingerprint density at radius 1 is 1.60 bits per heavy atom. The second-order valence-electron chi connectivity index (χ2n) is 3.86. The number of nitrogen functional groups attached to an aromatic ring is 1. The summed E-state index contributed by atoms with van der Waals surface area (Å²) in [4.78, 5) is 15.6. The molecule has 1 aliphatic rings. The van der Waals surface area contributed by atoms with E-state index in [1.54, 1.807) is 12.3 Å². The molecule has 1 aromatic heterocycles. The molecule has 3 N–H and O–H groups in total. The van der Waals surface area contributed by atoms with Crippen LogP contribution in [0.5, 0.6) is 0 Å². The van der Waals surface area contributed by atoms with Gasteiger partial charge in [0.2, 0.25) is 0 Å². The molecule has 1 heterocycles. The first-order valence-corrected chi connectivity index (χ1v) is 5.23. The zero-order valence-electron chi connectivity index (χ0n) is 8.57. The number of nitrogens with one attached hydrogen (secondary N) is 1. The van der Waals surface area contributed by atoms with Crippen molar-refractivity contribution in [2.45, 2.75) is 25.3 Å². The van der Waals surface area contributed by atoms with Crippen molar-refractivity contribution in [2.75, 3.05) is 12.3 Å². The molecular weight excluding hydrogens is 190 g/mol. The van der Waals surface area contributed by atoms with Gasteiger partial charge >= 0.3 is 0 Å². The number of anilines is 1. The molecule has 1 aromatic rings. The molecule has 0 bridgehead atoms. The van der Waals surface area contributed by atoms with Gasteiger partial charge < -0.3 is 11.1 Å². The number of Topliss-reactive ketones (excluding diaryl/α,β-unsaturated/α-hetero) is 1. The Balaban J connectivity index is 1.86. The number of carbonyl (C=O) groups excluding carboxylic acids is 1. The Morgan fingerprint density at radius 3 is 3.07 bits per heavy atom. The molecule has 4 nitrogen and oxygen atoms in total. The molecule has 0 spiro atoms. The summed E-state index contributed by atoms with van der Waals surface area (Å²) in [7, 11) is 0. The zero-order chi connectivity index (χ0) is 10.7. The molecule has 0 aromatic carbocycles. The van der Waals surface area contributed by atoms with E-state index in [9.17, 15) is 4.79 Å². The average molecular weight is 205 g/mol. The normalized spacial score (nSPS) is 15.2. The van der Waals surface area contributed by atoms with Crippen molar-refractivity contribution in [3.8, 4) is 0 Å². The molecule has 80 valence electrons. The van der Waals surface area contributed by atoms with E-state index in [4.69, 9.17) is 5.73 Å². The van der Waals surface area contributed by atoms with E-state index in [0.29, 0.717) is 23.7 Å². The Morgan fingerprint density at radius 2 is 2.40 bits per heavy atom. The van der Waals surface area contributed by atoms with Crippen LogP contribution in [0.25, 0.3) is 0 Å². The van der Waals surface area contributed by atoms with Gasteiger partial charge in [0.15, 0.2) is 5.78 Å². The van der Waals surface area contributed by atoms with Crippen molar-refractivity contribution >= 4 is 11.5 Å². The molecule has 1 aliphatic carbocycles. The molecule has 1 fully saturated rings. The molecule has 1 saturated carbocycles. The summed E-state index contributed by atoms with van der Waals surface area (Å²) in [6, 6.07) is 2.30. The smallest absolute Gasteiger partial charge is 0.167 e. The van der Waals surface area contributed by atoms with Gasteiger partial charge in [-0.2, -0.15) is 0 Å². The number of hydrogen-bond donors (Lipinski definition) is 2. The predicted molar refractivity (Wildman–Crippen MR) is 58.6 cm³/mol. The number of hydrogen-bond acceptors (Lipinski definition) is 4. The van der Waals surface area contributed by atoms with Crippen molar-refractivity contribution in [1.29, 1.82) is 0 Å². The fourth-order valence-corrected chi connectivity index (χ4v) is 1.45. The largest absolute Gasteiger partial charge is 0.398 e. The summed E-state index contributed by atoms with van der Waals surface area (Å²) in [5, 5.41) is 3.29. The van der Waals surface area contributed by atoms with Gasteiger partial charge in [0, 0.05) is 37.1 Å². The molecular formula is C11H15N3O. The van der Waals surface area contributed by atoms with E-state index in [1.807, 2.05) is 0 Å². The van der Waals surface area contributed by atoms with Crippen LogP contribution in [-0.2, 0) is 0 Å². The first-order chi connectivity index (χ1) is 7.27. The number of nitrogens with zero attached hydrogens (tertiary/aromatic N) is 1. The highest BCUT2D eigenvalue weighted by Gasteiger charge is 2.20. The van der Waals surface area contributed by atoms with E-state index in [1.165, 1.54) is 19.0 Å². The zero-order valence-corrected chi connectivity index (χ0v) is 8.57. The van der Waals surface area contributed by atoms with Crippen LogP contribution in [0.3, 0.4) is 0 Å². The number of ketones is 1. The molecule has 0 atom stereocenters. The van der Waals surface area contributed by atoms with Gasteiger partial charge in [0.25, 0.3) is 0 Å². The van der Waals surface area contributed by atoms with Gasteiger partial charge in [-0.05, 0) is 18.9 Å². The Hall–Kier alpha value is -1.42. The van der Waals surface area contributed by atoms with Crippen LogP contribution in [0.4, 0.5) is 5.69 Å². The summed E-state index contributed by atoms with van der Waals surface area (Å²) in [5.74, 6) is 0.0637. The summed E-state index contributed by atoms with van der Waals surface area (Å²) < 4.78 is 0. The number of carbonyl (C=O) groups is 1. The lowest BCUT2D eigenvalue weighted by molar-refractivity contribution is 0.0983. The summed E-state index contributed by atoms with van der Waals surface area (Å²) >= 11 is 0. The lowest BCUT2D eigenvalue weighted by Gasteiger charge is -2.04. The number of pyridine rings is 1. The molecule has 0 unspecified atom stereocenters. The minimum absolute atomic E-state index is 0.0637. The minimum Gasteiger partial charge on any atom is -0.398 e. The molecule has 0 radical (unpaired) electrons. The highest BCUT2D eigenvalue weighted by atomic mass is 16.1. The third-order valence-electron chi connectivity index (χ3n) is 2.52. The maximum Gasteiger partial charge on any atom is 0.167 e. The van der Waals surface area contributed by atoms with E-state index < -0.39 is 0 Å². The molecule has 2 rings (SSSR count). The van der Waals surface area contributed by atoms with Crippen molar-refractivity contribution in [3.05, 3.63) is 24.0 Å². The quantitative estimate of drug-likeness (QED) is 0.703. The third-order valence-corrected chi connectivity index (χ3v) is 2.52. The van der Waals surface area contributed by atoms with E-state index in [2.05, 4.69) is 10.3 Å². The van der Waals surface area contributed by atoms with Crippen molar-refractivity contribution < 1.29 is 4.79 Å². The van der Waals surface area contributed by atoms with Crippen LogP contribution in [-0.4, -0.2) is 23.4 Å². The lowest BCUT2D eigenvalue weighted by atomic mass is 10.1. The Labute approximate surface area is 88.9 Å². The van der Waals surface area contributed by atoms with Crippen LogP contribution in [0, 0.1) is 0 Å². The fourth-order valence-electron chi connectivity index (χ4n) is 1.45. The van der Waals surface area contributed by atoms with Crippen molar-refractivity contribution in [1.82, 2.24) is 10.3 Å². The first kappa shape index (κ1) is 10.1. The van der Waals surface area contributed by atoms with Gasteiger partial charge in [-0.25, -0.2) is 0 Å². The third kappa shape index (κ3) is 2.76.